The Morgan fingerprint density at radius 1 is 1.00 bits per heavy atom. The molecule has 0 amide bonds. The molecule has 0 aliphatic rings. The lowest BCUT2D eigenvalue weighted by Gasteiger charge is -2.14. The van der Waals surface area contributed by atoms with Crippen LogP contribution in [0.5, 0.6) is 0 Å². The van der Waals surface area contributed by atoms with E-state index in [2.05, 4.69) is 76.3 Å². The van der Waals surface area contributed by atoms with Gasteiger partial charge in [-0.25, -0.2) is 0 Å². The van der Waals surface area contributed by atoms with Crippen LogP contribution in [0, 0.1) is 6.92 Å². The third-order valence-electron chi connectivity index (χ3n) is 2.45. The van der Waals surface area contributed by atoms with Gasteiger partial charge in [-0.05, 0) is 23.9 Å². The molecule has 0 aliphatic heterocycles. The van der Waals surface area contributed by atoms with Crippen molar-refractivity contribution in [1.82, 2.24) is 0 Å². The van der Waals surface area contributed by atoms with Crippen molar-refractivity contribution in [3.05, 3.63) is 42.0 Å². The molecule has 2 heteroatoms. The molecule has 2 aromatic rings. The number of hydrogen-bond donors (Lipinski definition) is 0. The van der Waals surface area contributed by atoms with Crippen LogP contribution in [0.25, 0.3) is 10.8 Å². The average molecular weight is 297 g/mol. The number of benzene rings is 2. The summed E-state index contributed by atoms with van der Waals surface area (Å²) in [4.78, 5) is 0. The number of rotatable bonds is 1. The molecule has 0 saturated heterocycles. The average Bonchev–Trinajstić information content (AvgIpc) is 2.18. The normalized spacial score (nSPS) is 10.5. The van der Waals surface area contributed by atoms with Crippen molar-refractivity contribution in [1.29, 1.82) is 0 Å². The van der Waals surface area contributed by atoms with Gasteiger partial charge in [-0.1, -0.05) is 30.3 Å². The Bertz CT molecular complexity index is 463. The SMILES string of the molecule is Cc1ccc(N(C)I)c2ccccc12. The van der Waals surface area contributed by atoms with Crippen LogP contribution in [0.4, 0.5) is 5.69 Å². The molecule has 0 unspecified atom stereocenters. The van der Waals surface area contributed by atoms with E-state index in [1.54, 1.807) is 0 Å². The van der Waals surface area contributed by atoms with Gasteiger partial charge in [-0.15, -0.1) is 0 Å². The van der Waals surface area contributed by atoms with Crippen LogP contribution in [-0.4, -0.2) is 7.05 Å². The molecule has 0 heterocycles. The maximum atomic E-state index is 2.30. The van der Waals surface area contributed by atoms with Crippen molar-refractivity contribution in [3.8, 4) is 0 Å². The molecule has 0 aliphatic carbocycles. The van der Waals surface area contributed by atoms with Gasteiger partial charge in [-0.2, -0.15) is 0 Å². The zero-order chi connectivity index (χ0) is 10.1. The standard InChI is InChI=1S/C12H12IN/c1-9-7-8-12(14(2)13)11-6-4-3-5-10(9)11/h3-8H,1-2H3. The fourth-order valence-corrected chi connectivity index (χ4v) is 2.12. The van der Waals surface area contributed by atoms with E-state index in [9.17, 15) is 0 Å². The topological polar surface area (TPSA) is 3.24 Å². The largest absolute Gasteiger partial charge is 0.317 e. The lowest BCUT2D eigenvalue weighted by molar-refractivity contribution is 1.42. The molecule has 72 valence electrons. The van der Waals surface area contributed by atoms with Crippen molar-refractivity contribution in [2.24, 2.45) is 0 Å². The first-order valence-corrected chi connectivity index (χ1v) is 5.54. The highest BCUT2D eigenvalue weighted by Gasteiger charge is 2.04. The summed E-state index contributed by atoms with van der Waals surface area (Å²) >= 11 is 2.30. The van der Waals surface area contributed by atoms with E-state index in [0.717, 1.165) is 0 Å². The summed E-state index contributed by atoms with van der Waals surface area (Å²) in [6, 6.07) is 12.9. The number of aryl methyl sites for hydroxylation is 1. The minimum Gasteiger partial charge on any atom is -0.317 e. The Hall–Kier alpha value is -0.770. The highest BCUT2D eigenvalue weighted by atomic mass is 127. The quantitative estimate of drug-likeness (QED) is 0.569. The molecule has 14 heavy (non-hydrogen) atoms. The Kier molecular flexibility index (Phi) is 2.63. The Labute approximate surface area is 98.2 Å². The Morgan fingerprint density at radius 2 is 1.64 bits per heavy atom. The van der Waals surface area contributed by atoms with Crippen molar-refractivity contribution in [3.63, 3.8) is 0 Å². The van der Waals surface area contributed by atoms with E-state index in [4.69, 9.17) is 0 Å². The van der Waals surface area contributed by atoms with Crippen LogP contribution in [0.1, 0.15) is 5.56 Å². The van der Waals surface area contributed by atoms with E-state index in [1.165, 1.54) is 22.0 Å². The van der Waals surface area contributed by atoms with Gasteiger partial charge in [0.15, 0.2) is 0 Å². The highest BCUT2D eigenvalue weighted by Crippen LogP contribution is 2.29. The van der Waals surface area contributed by atoms with Gasteiger partial charge < -0.3 is 3.11 Å². The Balaban J connectivity index is 2.82. The minimum atomic E-state index is 1.27. The third kappa shape index (κ3) is 1.59. The van der Waals surface area contributed by atoms with E-state index in [-0.39, 0.29) is 0 Å². The number of hydrogen-bond acceptors (Lipinski definition) is 1. The summed E-state index contributed by atoms with van der Waals surface area (Å²) in [5.74, 6) is 0. The molecule has 0 N–H and O–H groups in total. The van der Waals surface area contributed by atoms with Crippen molar-refractivity contribution in [2.75, 3.05) is 10.2 Å². The number of anilines is 1. The van der Waals surface area contributed by atoms with E-state index < -0.39 is 0 Å². The molecule has 0 aromatic heterocycles. The molecule has 0 bridgehead atoms. The van der Waals surface area contributed by atoms with Crippen molar-refractivity contribution >= 4 is 39.3 Å². The second kappa shape index (κ2) is 3.77. The van der Waals surface area contributed by atoms with Gasteiger partial charge in [0.25, 0.3) is 0 Å². The molecule has 0 spiro atoms. The van der Waals surface area contributed by atoms with E-state index >= 15 is 0 Å². The second-order valence-electron chi connectivity index (χ2n) is 3.42. The first kappa shape index (κ1) is 9.77. The van der Waals surface area contributed by atoms with Gasteiger partial charge in [0, 0.05) is 12.4 Å². The monoisotopic (exact) mass is 297 g/mol. The molecule has 0 fully saturated rings. The number of halogens is 1. The number of fused-ring (bicyclic) bond motifs is 1. The summed E-state index contributed by atoms with van der Waals surface area (Å²) in [5, 5.41) is 2.66. The third-order valence-corrected chi connectivity index (χ3v) is 2.97. The molecule has 1 nitrogen and oxygen atoms in total. The maximum Gasteiger partial charge on any atom is 0.0588 e. The van der Waals surface area contributed by atoms with Gasteiger partial charge in [0.1, 0.15) is 0 Å². The zero-order valence-electron chi connectivity index (χ0n) is 8.29. The van der Waals surface area contributed by atoms with Crippen LogP contribution in [0.3, 0.4) is 0 Å². The first-order chi connectivity index (χ1) is 6.70. The smallest absolute Gasteiger partial charge is 0.0588 e. The molecule has 0 saturated carbocycles. The van der Waals surface area contributed by atoms with E-state index in [0.29, 0.717) is 0 Å². The molecule has 0 radical (unpaired) electrons. The molecular weight excluding hydrogens is 285 g/mol. The molecule has 2 rings (SSSR count). The predicted octanol–water partition coefficient (Wildman–Crippen LogP) is 3.93. The van der Waals surface area contributed by atoms with Gasteiger partial charge >= 0.3 is 0 Å². The van der Waals surface area contributed by atoms with Crippen LogP contribution in [0.15, 0.2) is 36.4 Å². The van der Waals surface area contributed by atoms with Gasteiger partial charge in [0.05, 0.1) is 28.6 Å². The Morgan fingerprint density at radius 3 is 2.29 bits per heavy atom. The minimum absolute atomic E-state index is 1.27. The van der Waals surface area contributed by atoms with Crippen molar-refractivity contribution < 1.29 is 0 Å². The van der Waals surface area contributed by atoms with E-state index in [1.807, 2.05) is 0 Å². The molecule has 2 aromatic carbocycles. The van der Waals surface area contributed by atoms with Crippen LogP contribution in [-0.2, 0) is 0 Å². The summed E-state index contributed by atoms with van der Waals surface area (Å²) in [5.41, 5.74) is 2.61. The molecular formula is C12H12IN. The maximum absolute atomic E-state index is 2.30. The summed E-state index contributed by atoms with van der Waals surface area (Å²) in [6.07, 6.45) is 0. The summed E-state index contributed by atoms with van der Waals surface area (Å²) in [6.45, 7) is 2.15. The fraction of sp³-hybridized carbons (Fsp3) is 0.167. The first-order valence-electron chi connectivity index (χ1n) is 4.58. The lowest BCUT2D eigenvalue weighted by atomic mass is 10.0. The number of nitrogens with zero attached hydrogens (tertiary/aromatic N) is 1. The van der Waals surface area contributed by atoms with Crippen LogP contribution in [0.2, 0.25) is 0 Å². The van der Waals surface area contributed by atoms with Gasteiger partial charge in [-0.3, -0.25) is 0 Å². The van der Waals surface area contributed by atoms with Crippen LogP contribution < -0.4 is 3.11 Å². The van der Waals surface area contributed by atoms with Gasteiger partial charge in [0.2, 0.25) is 0 Å². The summed E-state index contributed by atoms with van der Waals surface area (Å²) in [7, 11) is 2.07. The predicted molar refractivity (Wildman–Crippen MR) is 71.1 cm³/mol. The van der Waals surface area contributed by atoms with Crippen LogP contribution >= 0.6 is 22.9 Å². The lowest BCUT2D eigenvalue weighted by Crippen LogP contribution is -2.00. The zero-order valence-corrected chi connectivity index (χ0v) is 10.4. The summed E-state index contributed by atoms with van der Waals surface area (Å²) < 4.78 is 2.12. The molecule has 0 atom stereocenters. The fourth-order valence-electron chi connectivity index (χ4n) is 1.70. The van der Waals surface area contributed by atoms with Crippen molar-refractivity contribution in [2.45, 2.75) is 6.92 Å². The second-order valence-corrected chi connectivity index (χ2v) is 4.87. The highest BCUT2D eigenvalue weighted by molar-refractivity contribution is 14.1.